The van der Waals surface area contributed by atoms with Crippen molar-refractivity contribution >= 4 is 39.9 Å². The van der Waals surface area contributed by atoms with Gasteiger partial charge < -0.3 is 0 Å². The van der Waals surface area contributed by atoms with Gasteiger partial charge in [-0.1, -0.05) is 0 Å². The second-order valence-electron chi connectivity index (χ2n) is 2.03. The zero-order valence-electron chi connectivity index (χ0n) is 5.51. The maximum Gasteiger partial charge on any atom is 0.0701 e. The number of halogens is 1. The Morgan fingerprint density at radius 3 is 2.80 bits per heavy atom. The molecule has 0 atom stereocenters. The van der Waals surface area contributed by atoms with Crippen LogP contribution in [-0.2, 0) is 6.42 Å². The van der Waals surface area contributed by atoms with E-state index in [1.165, 1.54) is 21.5 Å². The van der Waals surface area contributed by atoms with Crippen molar-refractivity contribution < 1.29 is 0 Å². The van der Waals surface area contributed by atoms with Crippen LogP contribution in [0.25, 0.3) is 0 Å². The van der Waals surface area contributed by atoms with Gasteiger partial charge >= 0.3 is 0 Å². The summed E-state index contributed by atoms with van der Waals surface area (Å²) < 4.78 is 1.22. The Bertz CT molecular complexity index is 195. The molecule has 0 nitrogen and oxygen atoms in total. The van der Waals surface area contributed by atoms with Crippen molar-refractivity contribution in [1.29, 1.82) is 0 Å². The summed E-state index contributed by atoms with van der Waals surface area (Å²) in [5.41, 5.74) is 0. The average molecular weight is 237 g/mol. The minimum Gasteiger partial charge on any atom is -0.179 e. The zero-order valence-corrected chi connectivity index (χ0v) is 8.81. The smallest absolute Gasteiger partial charge is 0.0701 e. The van der Waals surface area contributed by atoms with E-state index in [1.54, 1.807) is 0 Å². The summed E-state index contributed by atoms with van der Waals surface area (Å²) in [6, 6.07) is 4.26. The lowest BCUT2D eigenvalue weighted by atomic mass is 10.3. The van der Waals surface area contributed by atoms with Gasteiger partial charge in [-0.2, -0.15) is 12.6 Å². The zero-order chi connectivity index (χ0) is 7.40. The maximum atomic E-state index is 4.15. The summed E-state index contributed by atoms with van der Waals surface area (Å²) >= 11 is 9.38. The molecule has 0 amide bonds. The normalized spacial score (nSPS) is 10.2. The molecular weight excluding hydrogens is 228 g/mol. The molecule has 10 heavy (non-hydrogen) atoms. The predicted octanol–water partition coefficient (Wildman–Crippen LogP) is 3.37. The summed E-state index contributed by atoms with van der Waals surface area (Å²) in [5.74, 6) is 0.982. The molecule has 0 spiro atoms. The molecule has 1 rings (SSSR count). The molecule has 56 valence electrons. The van der Waals surface area contributed by atoms with Crippen molar-refractivity contribution in [2.45, 2.75) is 12.8 Å². The fraction of sp³-hybridized carbons (Fsp3) is 0.429. The first-order valence-electron chi connectivity index (χ1n) is 3.18. The van der Waals surface area contributed by atoms with Gasteiger partial charge in [0, 0.05) is 4.88 Å². The number of hydrogen-bond acceptors (Lipinski definition) is 2. The molecule has 0 radical (unpaired) electrons. The minimum absolute atomic E-state index is 0.982. The molecule has 0 aromatic carbocycles. The van der Waals surface area contributed by atoms with Gasteiger partial charge in [0.15, 0.2) is 0 Å². The third kappa shape index (κ3) is 2.64. The van der Waals surface area contributed by atoms with Crippen molar-refractivity contribution in [3.05, 3.63) is 20.8 Å². The molecule has 3 heteroatoms. The van der Waals surface area contributed by atoms with Crippen LogP contribution in [0.4, 0.5) is 0 Å². The van der Waals surface area contributed by atoms with E-state index in [2.05, 4.69) is 40.7 Å². The summed E-state index contributed by atoms with van der Waals surface area (Å²) in [4.78, 5) is 1.45. The molecule has 0 saturated carbocycles. The molecule has 1 aromatic heterocycles. The Morgan fingerprint density at radius 2 is 2.30 bits per heavy atom. The standard InChI is InChI=1S/C7H9BrS2/c8-7-4-3-6(10-7)2-1-5-9/h3-4,9H,1-2,5H2. The lowest BCUT2D eigenvalue weighted by Crippen LogP contribution is -1.79. The highest BCUT2D eigenvalue weighted by Gasteiger charge is 1.95. The molecule has 0 aliphatic carbocycles. The molecule has 0 N–H and O–H groups in total. The van der Waals surface area contributed by atoms with Gasteiger partial charge in [-0.25, -0.2) is 0 Å². The van der Waals surface area contributed by atoms with Crippen molar-refractivity contribution in [3.63, 3.8) is 0 Å². The van der Waals surface area contributed by atoms with Crippen molar-refractivity contribution in [3.8, 4) is 0 Å². The Labute approximate surface area is 79.2 Å². The number of rotatable bonds is 3. The van der Waals surface area contributed by atoms with Crippen LogP contribution >= 0.6 is 39.9 Å². The van der Waals surface area contributed by atoms with E-state index in [1.807, 2.05) is 11.3 Å². The van der Waals surface area contributed by atoms with E-state index in [4.69, 9.17) is 0 Å². The molecule has 1 heterocycles. The SMILES string of the molecule is SCCCc1ccc(Br)s1. The van der Waals surface area contributed by atoms with Crippen LogP contribution in [0.3, 0.4) is 0 Å². The Kier molecular flexibility index (Phi) is 3.81. The number of hydrogen-bond donors (Lipinski definition) is 1. The van der Waals surface area contributed by atoms with E-state index in [0.717, 1.165) is 5.75 Å². The second kappa shape index (κ2) is 4.42. The third-order valence-electron chi connectivity index (χ3n) is 1.21. The highest BCUT2D eigenvalue weighted by atomic mass is 79.9. The van der Waals surface area contributed by atoms with Crippen LogP contribution in [0.1, 0.15) is 11.3 Å². The Balaban J connectivity index is 2.42. The van der Waals surface area contributed by atoms with E-state index in [0.29, 0.717) is 0 Å². The van der Waals surface area contributed by atoms with Gasteiger partial charge in [-0.15, -0.1) is 11.3 Å². The molecule has 0 aliphatic rings. The molecule has 0 aliphatic heterocycles. The molecule has 0 saturated heterocycles. The van der Waals surface area contributed by atoms with Crippen LogP contribution in [0.2, 0.25) is 0 Å². The monoisotopic (exact) mass is 236 g/mol. The lowest BCUT2D eigenvalue weighted by molar-refractivity contribution is 0.955. The quantitative estimate of drug-likeness (QED) is 0.765. The number of thiophene rings is 1. The van der Waals surface area contributed by atoms with Crippen LogP contribution in [0.15, 0.2) is 15.9 Å². The topological polar surface area (TPSA) is 0 Å². The van der Waals surface area contributed by atoms with Gasteiger partial charge in [0.25, 0.3) is 0 Å². The Hall–Kier alpha value is 0.530. The molecular formula is C7H9BrS2. The summed E-state index contributed by atoms with van der Waals surface area (Å²) in [6.45, 7) is 0. The van der Waals surface area contributed by atoms with E-state index >= 15 is 0 Å². The first-order chi connectivity index (χ1) is 4.83. The second-order valence-corrected chi connectivity index (χ2v) is 5.03. The van der Waals surface area contributed by atoms with Gasteiger partial charge in [-0.3, -0.25) is 0 Å². The van der Waals surface area contributed by atoms with Crippen LogP contribution in [0.5, 0.6) is 0 Å². The largest absolute Gasteiger partial charge is 0.179 e. The highest BCUT2D eigenvalue weighted by molar-refractivity contribution is 9.11. The van der Waals surface area contributed by atoms with E-state index < -0.39 is 0 Å². The predicted molar refractivity (Wildman–Crippen MR) is 54.2 cm³/mol. The van der Waals surface area contributed by atoms with Crippen LogP contribution in [0, 0.1) is 0 Å². The Morgan fingerprint density at radius 1 is 1.50 bits per heavy atom. The maximum absolute atomic E-state index is 4.15. The number of aryl methyl sites for hydroxylation is 1. The number of thiol groups is 1. The molecule has 1 aromatic rings. The molecule has 0 bridgehead atoms. The molecule has 0 unspecified atom stereocenters. The summed E-state index contributed by atoms with van der Waals surface area (Å²) in [7, 11) is 0. The van der Waals surface area contributed by atoms with Crippen molar-refractivity contribution in [2.75, 3.05) is 5.75 Å². The van der Waals surface area contributed by atoms with E-state index in [-0.39, 0.29) is 0 Å². The fourth-order valence-electron chi connectivity index (χ4n) is 0.739. The average Bonchev–Trinajstić information content (AvgIpc) is 2.31. The van der Waals surface area contributed by atoms with Gasteiger partial charge in [0.1, 0.15) is 0 Å². The fourth-order valence-corrected chi connectivity index (χ4v) is 2.42. The summed E-state index contributed by atoms with van der Waals surface area (Å²) in [5, 5.41) is 0. The first-order valence-corrected chi connectivity index (χ1v) is 5.42. The lowest BCUT2D eigenvalue weighted by Gasteiger charge is -1.90. The van der Waals surface area contributed by atoms with Crippen molar-refractivity contribution in [1.82, 2.24) is 0 Å². The highest BCUT2D eigenvalue weighted by Crippen LogP contribution is 2.22. The third-order valence-corrected chi connectivity index (χ3v) is 3.21. The minimum atomic E-state index is 0.982. The van der Waals surface area contributed by atoms with Crippen LogP contribution in [-0.4, -0.2) is 5.75 Å². The van der Waals surface area contributed by atoms with Gasteiger partial charge in [-0.05, 0) is 46.7 Å². The summed E-state index contributed by atoms with van der Waals surface area (Å²) in [6.07, 6.45) is 2.34. The van der Waals surface area contributed by atoms with Gasteiger partial charge in [0.2, 0.25) is 0 Å². The van der Waals surface area contributed by atoms with Gasteiger partial charge in [0.05, 0.1) is 3.79 Å². The molecule has 0 fully saturated rings. The first kappa shape index (κ1) is 8.62. The van der Waals surface area contributed by atoms with Crippen LogP contribution < -0.4 is 0 Å². The van der Waals surface area contributed by atoms with Crippen molar-refractivity contribution in [2.24, 2.45) is 0 Å². The van der Waals surface area contributed by atoms with E-state index in [9.17, 15) is 0 Å².